The van der Waals surface area contributed by atoms with Crippen LogP contribution in [0.15, 0.2) is 71.7 Å². The van der Waals surface area contributed by atoms with Crippen LogP contribution < -0.4 is 15.2 Å². The molecule has 8 nitrogen and oxygen atoms in total. The molecule has 0 saturated heterocycles. The molecule has 0 bridgehead atoms. The smallest absolute Gasteiger partial charge is 0.382 e. The van der Waals surface area contributed by atoms with Gasteiger partial charge in [-0.1, -0.05) is 36.6 Å². The zero-order chi connectivity index (χ0) is 30.5. The molecule has 2 fully saturated rings. The molecule has 228 valence electrons. The molecule has 0 unspecified atom stereocenters. The fourth-order valence-electron chi connectivity index (χ4n) is 5.70. The van der Waals surface area contributed by atoms with Crippen LogP contribution in [0.2, 0.25) is 0 Å². The highest BCUT2D eigenvalue weighted by Crippen LogP contribution is 2.41. The fourth-order valence-corrected chi connectivity index (χ4v) is 5.70. The Morgan fingerprint density at radius 1 is 1.07 bits per heavy atom. The summed E-state index contributed by atoms with van der Waals surface area (Å²) < 4.78 is 31.3. The third-order valence-electron chi connectivity index (χ3n) is 8.06. The van der Waals surface area contributed by atoms with E-state index in [1.165, 1.54) is 6.92 Å². The van der Waals surface area contributed by atoms with E-state index in [4.69, 9.17) is 19.9 Å². The van der Waals surface area contributed by atoms with Crippen LogP contribution in [0.4, 0.5) is 4.39 Å². The van der Waals surface area contributed by atoms with Gasteiger partial charge in [0, 0.05) is 12.5 Å². The largest absolute Gasteiger partial charge is 0.488 e. The molecule has 1 aromatic carbocycles. The number of esters is 1. The lowest BCUT2D eigenvalue weighted by molar-refractivity contribution is -0.157. The first kappa shape index (κ1) is 32.9. The van der Waals surface area contributed by atoms with Crippen molar-refractivity contribution in [3.63, 3.8) is 0 Å². The minimum absolute atomic E-state index is 0.0298. The van der Waals surface area contributed by atoms with E-state index in [1.54, 1.807) is 18.2 Å². The van der Waals surface area contributed by atoms with Crippen molar-refractivity contribution in [2.45, 2.75) is 76.7 Å². The van der Waals surface area contributed by atoms with Crippen LogP contribution in [0, 0.1) is 16.7 Å². The van der Waals surface area contributed by atoms with Crippen LogP contribution in [0.5, 0.6) is 11.5 Å². The van der Waals surface area contributed by atoms with E-state index in [1.807, 2.05) is 18.2 Å². The van der Waals surface area contributed by atoms with E-state index < -0.39 is 18.5 Å². The van der Waals surface area contributed by atoms with Crippen molar-refractivity contribution in [2.24, 2.45) is 22.7 Å². The molecular formula is C33H43FN2O6. The molecular weight excluding hydrogens is 539 g/mol. The summed E-state index contributed by atoms with van der Waals surface area (Å²) in [6, 6.07) is 5.76. The Kier molecular flexibility index (Phi) is 13.1. The van der Waals surface area contributed by atoms with E-state index in [2.05, 4.69) is 18.3 Å². The lowest BCUT2D eigenvalue weighted by Crippen LogP contribution is -2.27. The summed E-state index contributed by atoms with van der Waals surface area (Å²) >= 11 is 0. The number of allylic oxidation sites excluding steroid dienone is 5. The van der Waals surface area contributed by atoms with Gasteiger partial charge in [-0.15, -0.1) is 0 Å². The minimum Gasteiger partial charge on any atom is -0.488 e. The van der Waals surface area contributed by atoms with Crippen molar-refractivity contribution in [1.82, 2.24) is 0 Å². The van der Waals surface area contributed by atoms with Crippen molar-refractivity contribution < 1.29 is 28.2 Å². The first-order chi connectivity index (χ1) is 20.2. The van der Waals surface area contributed by atoms with Gasteiger partial charge in [-0.25, -0.2) is 9.18 Å². The van der Waals surface area contributed by atoms with Crippen LogP contribution in [-0.2, 0) is 14.3 Å². The van der Waals surface area contributed by atoms with Gasteiger partial charge < -0.3 is 19.9 Å². The summed E-state index contributed by atoms with van der Waals surface area (Å²) in [7, 11) is 0. The molecule has 0 amide bonds. The number of halogens is 1. The number of rotatable bonds is 15. The average Bonchev–Trinajstić information content (AvgIpc) is 2.98. The molecule has 0 heterocycles. The average molecular weight is 583 g/mol. The van der Waals surface area contributed by atoms with Crippen molar-refractivity contribution in [1.29, 1.82) is 0 Å². The number of nitrogens with zero attached hydrogens (tertiary/aromatic N) is 1. The zero-order valence-corrected chi connectivity index (χ0v) is 24.5. The number of hydrogen-bond donors (Lipinski definition) is 1. The summed E-state index contributed by atoms with van der Waals surface area (Å²) in [6.07, 6.45) is 13.3. The first-order valence-electron chi connectivity index (χ1n) is 14.7. The zero-order valence-electron chi connectivity index (χ0n) is 24.5. The molecule has 2 aliphatic carbocycles. The predicted molar refractivity (Wildman–Crippen MR) is 161 cm³/mol. The van der Waals surface area contributed by atoms with Gasteiger partial charge in [-0.2, -0.15) is 4.91 Å². The highest BCUT2D eigenvalue weighted by molar-refractivity contribution is 6.40. The van der Waals surface area contributed by atoms with Gasteiger partial charge in [0.2, 0.25) is 6.79 Å². The number of nitroso groups, excluding NO2 is 1. The van der Waals surface area contributed by atoms with Crippen LogP contribution in [0.1, 0.15) is 76.2 Å². The Hall–Kier alpha value is -3.59. The van der Waals surface area contributed by atoms with Crippen LogP contribution in [-0.4, -0.2) is 37.7 Å². The summed E-state index contributed by atoms with van der Waals surface area (Å²) in [4.78, 5) is 34.0. The predicted octanol–water partition coefficient (Wildman–Crippen LogP) is 7.00. The second-order valence-corrected chi connectivity index (χ2v) is 11.2. The fraction of sp³-hybridized carbons (Fsp3) is 0.515. The minimum atomic E-state index is -1.05. The highest BCUT2D eigenvalue weighted by atomic mass is 19.1. The Balaban J connectivity index is 1.60. The quantitative estimate of drug-likeness (QED) is 0.0450. The lowest BCUT2D eigenvalue weighted by atomic mass is 9.77. The monoisotopic (exact) mass is 582 g/mol. The molecule has 9 heteroatoms. The van der Waals surface area contributed by atoms with Gasteiger partial charge in [-0.3, -0.25) is 4.79 Å². The van der Waals surface area contributed by atoms with Gasteiger partial charge in [0.1, 0.15) is 19.0 Å². The third kappa shape index (κ3) is 10.0. The van der Waals surface area contributed by atoms with Gasteiger partial charge in [0.05, 0.1) is 0 Å². The Labute approximate surface area is 247 Å². The number of hydrogen-bond acceptors (Lipinski definition) is 8. The Morgan fingerprint density at radius 2 is 1.79 bits per heavy atom. The maximum atomic E-state index is 15.1. The van der Waals surface area contributed by atoms with E-state index in [0.717, 1.165) is 62.5 Å². The van der Waals surface area contributed by atoms with Gasteiger partial charge in [0.25, 0.3) is 5.78 Å². The molecule has 3 rings (SSSR count). The second kappa shape index (κ2) is 16.8. The van der Waals surface area contributed by atoms with Crippen LogP contribution in [0.25, 0.3) is 0 Å². The van der Waals surface area contributed by atoms with Crippen molar-refractivity contribution in [3.05, 3.63) is 77.0 Å². The SMILES string of the molecule is C=C/C=C(\C=C(\F)CC1CCC(c2ccc(OCCN=O)c(OCOC(=O)C(=O)C(=C)C)c2)CC1)C1CCC(N)CC1. The molecule has 2 aliphatic rings. The van der Waals surface area contributed by atoms with Crippen LogP contribution >= 0.6 is 0 Å². The van der Waals surface area contributed by atoms with Gasteiger partial charge in [-0.05, 0) is 111 Å². The summed E-state index contributed by atoms with van der Waals surface area (Å²) in [5.41, 5.74) is 8.16. The number of carbonyl (C=O) groups is 2. The van der Waals surface area contributed by atoms with Gasteiger partial charge >= 0.3 is 5.97 Å². The van der Waals surface area contributed by atoms with E-state index >= 15 is 4.39 Å². The summed E-state index contributed by atoms with van der Waals surface area (Å²) in [5, 5.41) is 2.80. The van der Waals surface area contributed by atoms with Gasteiger partial charge in [0.15, 0.2) is 11.5 Å². The molecule has 2 saturated carbocycles. The topological polar surface area (TPSA) is 117 Å². The summed E-state index contributed by atoms with van der Waals surface area (Å²) in [6.45, 7) is 8.23. The molecule has 0 radical (unpaired) electrons. The van der Waals surface area contributed by atoms with Crippen molar-refractivity contribution in [2.75, 3.05) is 19.9 Å². The lowest BCUT2D eigenvalue weighted by Gasteiger charge is -2.29. The second-order valence-electron chi connectivity index (χ2n) is 11.2. The maximum Gasteiger partial charge on any atom is 0.382 e. The number of nitrogens with two attached hydrogens (primary N) is 1. The number of Topliss-reactive ketones (excluding diaryl/α,β-unsaturated/α-hetero) is 1. The number of carbonyl (C=O) groups excluding carboxylic acids is 2. The van der Waals surface area contributed by atoms with Crippen LogP contribution in [0.3, 0.4) is 0 Å². The highest BCUT2D eigenvalue weighted by Gasteiger charge is 2.26. The molecule has 0 aliphatic heterocycles. The molecule has 0 spiro atoms. The summed E-state index contributed by atoms with van der Waals surface area (Å²) in [5.74, 6) is -0.417. The first-order valence-corrected chi connectivity index (χ1v) is 14.7. The standard InChI is InChI=1S/C33H43FN2O6/c1-4-5-26(25-10-13-29(35)14-11-25)19-28(34)18-23-6-8-24(9-7-23)27-12-15-30(40-17-16-36-39)31(20-27)41-21-42-33(38)32(37)22(2)3/h4-5,12,15,19-20,23-25,29H,1-2,6-11,13-14,16-18,21,35H2,3H3/b26-5+,28-19+. The Morgan fingerprint density at radius 3 is 2.43 bits per heavy atom. The molecule has 0 atom stereocenters. The molecule has 2 N–H and O–H groups in total. The Bertz CT molecular complexity index is 1180. The van der Waals surface area contributed by atoms with Crippen molar-refractivity contribution in [3.8, 4) is 11.5 Å². The number of benzene rings is 1. The normalized spacial score (nSPS) is 23.0. The van der Waals surface area contributed by atoms with E-state index in [-0.39, 0.29) is 42.4 Å². The van der Waals surface area contributed by atoms with E-state index in [0.29, 0.717) is 23.8 Å². The van der Waals surface area contributed by atoms with Crippen molar-refractivity contribution >= 4 is 11.8 Å². The third-order valence-corrected chi connectivity index (χ3v) is 8.06. The molecule has 1 aromatic rings. The molecule has 42 heavy (non-hydrogen) atoms. The maximum absolute atomic E-state index is 15.1. The number of ketones is 1. The molecule has 0 aromatic heterocycles. The number of ether oxygens (including phenoxy) is 3. The van der Waals surface area contributed by atoms with E-state index in [9.17, 15) is 14.5 Å².